The summed E-state index contributed by atoms with van der Waals surface area (Å²) in [5, 5.41) is 2.74. The number of carbonyl (C=O) groups excluding carboxylic acids is 2. The Kier molecular flexibility index (Phi) is 6.14. The third-order valence-electron chi connectivity index (χ3n) is 3.60. The van der Waals surface area contributed by atoms with Gasteiger partial charge in [-0.3, -0.25) is 9.59 Å². The summed E-state index contributed by atoms with van der Waals surface area (Å²) in [6.45, 7) is 1.67. The largest absolute Gasteiger partial charge is 0.497 e. The van der Waals surface area contributed by atoms with E-state index >= 15 is 0 Å². The summed E-state index contributed by atoms with van der Waals surface area (Å²) < 4.78 is 19.8. The number of nitrogens with zero attached hydrogens (tertiary/aromatic N) is 1. The Morgan fingerprint density at radius 3 is 2.56 bits per heavy atom. The minimum Gasteiger partial charge on any atom is -0.497 e. The molecule has 0 unspecified atom stereocenters. The number of benzene rings is 2. The molecule has 5 nitrogen and oxygen atoms in total. The monoisotopic (exact) mass is 408 g/mol. The molecular weight excluding hydrogens is 391 g/mol. The minimum absolute atomic E-state index is 0.115. The fourth-order valence-electron chi connectivity index (χ4n) is 2.25. The zero-order valence-electron chi connectivity index (χ0n) is 14.1. The van der Waals surface area contributed by atoms with Crippen LogP contribution in [-0.4, -0.2) is 37.4 Å². The third kappa shape index (κ3) is 4.79. The van der Waals surface area contributed by atoms with Crippen molar-refractivity contribution in [3.05, 3.63) is 57.8 Å². The Hall–Kier alpha value is -2.41. The quantitative estimate of drug-likeness (QED) is 0.821. The van der Waals surface area contributed by atoms with E-state index in [1.807, 2.05) is 19.1 Å². The van der Waals surface area contributed by atoms with Crippen molar-refractivity contribution in [1.29, 1.82) is 0 Å². The summed E-state index contributed by atoms with van der Waals surface area (Å²) >= 11 is 3.35. The average molecular weight is 409 g/mol. The highest BCUT2D eigenvalue weighted by Gasteiger charge is 2.19. The van der Waals surface area contributed by atoms with Crippen molar-refractivity contribution >= 4 is 33.4 Å². The number of anilines is 1. The van der Waals surface area contributed by atoms with Crippen LogP contribution in [0, 0.1) is 12.7 Å². The van der Waals surface area contributed by atoms with Gasteiger partial charge in [0.25, 0.3) is 5.91 Å². The summed E-state index contributed by atoms with van der Waals surface area (Å²) in [6, 6.07) is 9.41. The number of amides is 2. The first-order valence-electron chi connectivity index (χ1n) is 7.47. The van der Waals surface area contributed by atoms with E-state index in [9.17, 15) is 14.0 Å². The van der Waals surface area contributed by atoms with Crippen LogP contribution in [0.5, 0.6) is 5.75 Å². The Balaban J connectivity index is 2.04. The van der Waals surface area contributed by atoms with Crippen molar-refractivity contribution in [3.8, 4) is 5.75 Å². The summed E-state index contributed by atoms with van der Waals surface area (Å²) in [7, 11) is 2.86. The van der Waals surface area contributed by atoms with Gasteiger partial charge < -0.3 is 15.0 Å². The van der Waals surface area contributed by atoms with E-state index in [0.717, 1.165) is 21.0 Å². The van der Waals surface area contributed by atoms with Crippen LogP contribution in [0.3, 0.4) is 0 Å². The van der Waals surface area contributed by atoms with Gasteiger partial charge in [0.15, 0.2) is 0 Å². The van der Waals surface area contributed by atoms with Crippen LogP contribution >= 0.6 is 15.9 Å². The number of hydrogen-bond acceptors (Lipinski definition) is 3. The van der Waals surface area contributed by atoms with Gasteiger partial charge in [0, 0.05) is 23.3 Å². The van der Waals surface area contributed by atoms with Crippen molar-refractivity contribution in [2.75, 3.05) is 26.0 Å². The Morgan fingerprint density at radius 2 is 1.96 bits per heavy atom. The van der Waals surface area contributed by atoms with E-state index in [1.54, 1.807) is 6.07 Å². The maximum Gasteiger partial charge on any atom is 0.257 e. The van der Waals surface area contributed by atoms with Gasteiger partial charge >= 0.3 is 0 Å². The summed E-state index contributed by atoms with van der Waals surface area (Å²) in [6.07, 6.45) is 0. The first-order chi connectivity index (χ1) is 11.8. The molecule has 0 bridgehead atoms. The zero-order valence-corrected chi connectivity index (χ0v) is 15.7. The molecule has 0 saturated heterocycles. The molecule has 2 aromatic rings. The molecule has 0 fully saturated rings. The molecule has 1 N–H and O–H groups in total. The fourth-order valence-corrected chi connectivity index (χ4v) is 2.72. The topological polar surface area (TPSA) is 58.6 Å². The molecule has 0 aromatic heterocycles. The van der Waals surface area contributed by atoms with Crippen LogP contribution in [0.25, 0.3) is 0 Å². The van der Waals surface area contributed by atoms with E-state index in [4.69, 9.17) is 4.74 Å². The maximum absolute atomic E-state index is 14.0. The summed E-state index contributed by atoms with van der Waals surface area (Å²) in [5.74, 6) is -1.32. The number of hydrogen-bond donors (Lipinski definition) is 1. The highest BCUT2D eigenvalue weighted by atomic mass is 79.9. The number of aryl methyl sites for hydroxylation is 1. The summed E-state index contributed by atoms with van der Waals surface area (Å²) in [5.41, 5.74) is 1.43. The van der Waals surface area contributed by atoms with Crippen LogP contribution in [0.2, 0.25) is 0 Å². The van der Waals surface area contributed by atoms with E-state index in [1.165, 1.54) is 26.3 Å². The smallest absolute Gasteiger partial charge is 0.257 e. The van der Waals surface area contributed by atoms with Crippen LogP contribution in [0.1, 0.15) is 15.9 Å². The Morgan fingerprint density at radius 1 is 1.24 bits per heavy atom. The number of nitrogens with one attached hydrogen (secondary N) is 1. The van der Waals surface area contributed by atoms with Crippen molar-refractivity contribution in [1.82, 2.24) is 4.90 Å². The SMILES string of the molecule is COc1ccc(C(=O)N(C)CC(=O)Nc2ccc(Br)cc2C)c(F)c1. The predicted octanol–water partition coefficient (Wildman–Crippen LogP) is 3.62. The first-order valence-corrected chi connectivity index (χ1v) is 8.26. The molecule has 0 aliphatic heterocycles. The molecule has 7 heteroatoms. The highest BCUT2D eigenvalue weighted by Crippen LogP contribution is 2.20. The molecule has 0 heterocycles. The van der Waals surface area contributed by atoms with Gasteiger partial charge in [-0.05, 0) is 42.8 Å². The van der Waals surface area contributed by atoms with Crippen molar-refractivity contribution in [2.45, 2.75) is 6.92 Å². The lowest BCUT2D eigenvalue weighted by atomic mass is 10.1. The van der Waals surface area contributed by atoms with Crippen LogP contribution in [0.15, 0.2) is 40.9 Å². The molecule has 0 aliphatic carbocycles. The second-order valence-electron chi connectivity index (χ2n) is 5.51. The second kappa shape index (κ2) is 8.11. The van der Waals surface area contributed by atoms with Gasteiger partial charge in [-0.2, -0.15) is 0 Å². The van der Waals surface area contributed by atoms with E-state index < -0.39 is 11.7 Å². The lowest BCUT2D eigenvalue weighted by Crippen LogP contribution is -2.35. The molecule has 2 aromatic carbocycles. The highest BCUT2D eigenvalue weighted by molar-refractivity contribution is 9.10. The standard InChI is InChI=1S/C18H18BrFN2O3/c1-11-8-12(19)4-7-16(11)21-17(23)10-22(2)18(24)14-6-5-13(25-3)9-15(14)20/h4-9H,10H2,1-3H3,(H,21,23). The Labute approximate surface area is 153 Å². The van der Waals surface area contributed by atoms with Crippen LogP contribution < -0.4 is 10.1 Å². The van der Waals surface area contributed by atoms with Gasteiger partial charge in [0.2, 0.25) is 5.91 Å². The number of ether oxygens (including phenoxy) is 1. The van der Waals surface area contributed by atoms with Gasteiger partial charge in [0.05, 0.1) is 19.2 Å². The first kappa shape index (κ1) is 18.9. The molecule has 2 amide bonds. The average Bonchev–Trinajstić information content (AvgIpc) is 2.56. The molecule has 0 saturated carbocycles. The third-order valence-corrected chi connectivity index (χ3v) is 4.09. The normalized spacial score (nSPS) is 10.3. The lowest BCUT2D eigenvalue weighted by Gasteiger charge is -2.18. The molecule has 132 valence electrons. The van der Waals surface area contributed by atoms with Crippen LogP contribution in [-0.2, 0) is 4.79 Å². The lowest BCUT2D eigenvalue weighted by molar-refractivity contribution is -0.116. The molecule has 0 atom stereocenters. The maximum atomic E-state index is 14.0. The van der Waals surface area contributed by atoms with Crippen molar-refractivity contribution in [3.63, 3.8) is 0 Å². The fraction of sp³-hybridized carbons (Fsp3) is 0.222. The van der Waals surface area contributed by atoms with E-state index in [2.05, 4.69) is 21.2 Å². The van der Waals surface area contributed by atoms with E-state index in [0.29, 0.717) is 11.4 Å². The molecule has 25 heavy (non-hydrogen) atoms. The minimum atomic E-state index is -0.694. The molecule has 0 spiro atoms. The zero-order chi connectivity index (χ0) is 18.6. The van der Waals surface area contributed by atoms with Gasteiger partial charge in [-0.15, -0.1) is 0 Å². The number of rotatable bonds is 5. The molecular formula is C18H18BrFN2O3. The molecule has 0 radical (unpaired) electrons. The predicted molar refractivity (Wildman–Crippen MR) is 97.4 cm³/mol. The van der Waals surface area contributed by atoms with E-state index in [-0.39, 0.29) is 18.0 Å². The Bertz CT molecular complexity index is 811. The number of methoxy groups -OCH3 is 1. The summed E-state index contributed by atoms with van der Waals surface area (Å²) in [4.78, 5) is 25.6. The molecule has 2 rings (SSSR count). The van der Waals surface area contributed by atoms with Gasteiger partial charge in [-0.25, -0.2) is 4.39 Å². The number of carbonyl (C=O) groups is 2. The number of halogens is 2. The van der Waals surface area contributed by atoms with Crippen molar-refractivity contribution < 1.29 is 18.7 Å². The number of likely N-dealkylation sites (N-methyl/N-ethyl adjacent to an activating group) is 1. The molecule has 0 aliphatic rings. The second-order valence-corrected chi connectivity index (χ2v) is 6.43. The van der Waals surface area contributed by atoms with Crippen molar-refractivity contribution in [2.24, 2.45) is 0 Å². The van der Waals surface area contributed by atoms with Crippen LogP contribution in [0.4, 0.5) is 10.1 Å². The van der Waals surface area contributed by atoms with Gasteiger partial charge in [-0.1, -0.05) is 15.9 Å². The van der Waals surface area contributed by atoms with Gasteiger partial charge in [0.1, 0.15) is 11.6 Å².